The monoisotopic (exact) mass is 280 g/mol. The van der Waals surface area contributed by atoms with E-state index >= 15 is 0 Å². The fraction of sp³-hybridized carbons (Fsp3) is 0.231. The number of carboxylic acid groups (broad SMARTS) is 1. The van der Waals surface area contributed by atoms with Crippen LogP contribution >= 0.6 is 11.6 Å². The molecule has 0 saturated carbocycles. The zero-order valence-electron chi connectivity index (χ0n) is 10.4. The van der Waals surface area contributed by atoms with Gasteiger partial charge in [0.2, 0.25) is 0 Å². The summed E-state index contributed by atoms with van der Waals surface area (Å²) in [6.45, 7) is 2.18. The molecule has 0 unspecified atom stereocenters. The van der Waals surface area contributed by atoms with Gasteiger partial charge >= 0.3 is 0 Å². The zero-order chi connectivity index (χ0) is 14.4. The molecule has 1 aromatic carbocycles. The largest absolute Gasteiger partial charge is 0.544 e. The molecule has 6 heteroatoms. The van der Waals surface area contributed by atoms with Gasteiger partial charge in [-0.1, -0.05) is 11.6 Å². The van der Waals surface area contributed by atoms with Crippen molar-refractivity contribution in [1.82, 2.24) is 0 Å². The average molecular weight is 281 g/mol. The second-order valence-corrected chi connectivity index (χ2v) is 3.83. The van der Waals surface area contributed by atoms with Crippen molar-refractivity contribution in [3.63, 3.8) is 0 Å². The minimum atomic E-state index is -1.55. The molecule has 0 saturated heterocycles. The number of carbonyl (C=O) groups excluding carboxylic acids is 1. The van der Waals surface area contributed by atoms with E-state index in [0.29, 0.717) is 23.7 Å². The van der Waals surface area contributed by atoms with Crippen LogP contribution in [0.5, 0.6) is 11.5 Å². The second kappa shape index (κ2) is 6.66. The minimum Gasteiger partial charge on any atom is -0.544 e. The molecule has 19 heavy (non-hydrogen) atoms. The standard InChI is InChI=1S/C13H12ClNO4/c1-3-19-11-6-8(4-9(7-15)13(16)17)5-10(14)12(11)18-2/h4-6H,3H2,1-2H3,(H,16,17)/p-1/b9-4+. The predicted molar refractivity (Wildman–Crippen MR) is 67.8 cm³/mol. The summed E-state index contributed by atoms with van der Waals surface area (Å²) in [5.41, 5.74) is -0.0846. The number of ether oxygens (including phenoxy) is 2. The molecule has 0 atom stereocenters. The normalized spacial score (nSPS) is 10.7. The maximum atomic E-state index is 10.7. The maximum absolute atomic E-state index is 10.7. The van der Waals surface area contributed by atoms with Crippen LogP contribution in [0, 0.1) is 11.3 Å². The molecule has 0 aromatic heterocycles. The van der Waals surface area contributed by atoms with Gasteiger partial charge in [-0.05, 0) is 30.7 Å². The van der Waals surface area contributed by atoms with E-state index in [2.05, 4.69) is 0 Å². The van der Waals surface area contributed by atoms with Gasteiger partial charge in [0.1, 0.15) is 6.07 Å². The fourth-order valence-electron chi connectivity index (χ4n) is 1.44. The molecule has 0 aliphatic carbocycles. The Labute approximate surface area is 115 Å². The van der Waals surface area contributed by atoms with Crippen LogP contribution in [0.4, 0.5) is 0 Å². The molecule has 0 radical (unpaired) electrons. The summed E-state index contributed by atoms with van der Waals surface area (Å²) in [6.07, 6.45) is 1.16. The van der Waals surface area contributed by atoms with E-state index in [1.54, 1.807) is 6.92 Å². The van der Waals surface area contributed by atoms with Crippen LogP contribution in [0.2, 0.25) is 5.02 Å². The van der Waals surface area contributed by atoms with Crippen molar-refractivity contribution in [2.24, 2.45) is 0 Å². The molecule has 0 aliphatic rings. The Bertz CT molecular complexity index is 560. The highest BCUT2D eigenvalue weighted by molar-refractivity contribution is 6.32. The van der Waals surface area contributed by atoms with E-state index in [1.807, 2.05) is 0 Å². The summed E-state index contributed by atoms with van der Waals surface area (Å²) >= 11 is 6.00. The first-order chi connectivity index (χ1) is 9.03. The molecule has 0 N–H and O–H groups in total. The lowest BCUT2D eigenvalue weighted by molar-refractivity contribution is -0.298. The molecule has 0 aliphatic heterocycles. The smallest absolute Gasteiger partial charge is 0.179 e. The number of carboxylic acids is 1. The van der Waals surface area contributed by atoms with Gasteiger partial charge in [0, 0.05) is 0 Å². The molecular weight excluding hydrogens is 270 g/mol. The van der Waals surface area contributed by atoms with E-state index in [4.69, 9.17) is 26.3 Å². The number of nitrogens with zero attached hydrogens (tertiary/aromatic N) is 1. The molecular formula is C13H11ClNO4-. The van der Waals surface area contributed by atoms with Crippen molar-refractivity contribution in [3.8, 4) is 17.6 Å². The van der Waals surface area contributed by atoms with Crippen LogP contribution in [0.25, 0.3) is 6.08 Å². The van der Waals surface area contributed by atoms with Crippen molar-refractivity contribution in [1.29, 1.82) is 5.26 Å². The number of methoxy groups -OCH3 is 1. The number of carbonyl (C=O) groups is 1. The summed E-state index contributed by atoms with van der Waals surface area (Å²) < 4.78 is 10.4. The molecule has 100 valence electrons. The highest BCUT2D eigenvalue weighted by Crippen LogP contribution is 2.36. The highest BCUT2D eigenvalue weighted by atomic mass is 35.5. The van der Waals surface area contributed by atoms with Crippen molar-refractivity contribution in [2.75, 3.05) is 13.7 Å². The Balaban J connectivity index is 3.32. The van der Waals surface area contributed by atoms with Gasteiger partial charge in [-0.25, -0.2) is 0 Å². The molecule has 0 heterocycles. The lowest BCUT2D eigenvalue weighted by Crippen LogP contribution is -2.23. The van der Waals surface area contributed by atoms with E-state index in [1.165, 1.54) is 25.3 Å². The number of benzene rings is 1. The summed E-state index contributed by atoms with van der Waals surface area (Å²) in [7, 11) is 1.45. The molecule has 0 bridgehead atoms. The van der Waals surface area contributed by atoms with Crippen molar-refractivity contribution in [2.45, 2.75) is 6.92 Å². The molecule has 0 spiro atoms. The van der Waals surface area contributed by atoms with Gasteiger partial charge in [0.15, 0.2) is 11.5 Å². The quantitative estimate of drug-likeness (QED) is 0.601. The van der Waals surface area contributed by atoms with Gasteiger partial charge in [0.25, 0.3) is 0 Å². The Morgan fingerprint density at radius 1 is 1.58 bits per heavy atom. The van der Waals surface area contributed by atoms with Crippen molar-refractivity contribution >= 4 is 23.6 Å². The molecule has 1 aromatic rings. The van der Waals surface area contributed by atoms with Gasteiger partial charge in [-0.15, -0.1) is 0 Å². The van der Waals surface area contributed by atoms with Crippen LogP contribution in [-0.4, -0.2) is 19.7 Å². The Hall–Kier alpha value is -2.19. The van der Waals surface area contributed by atoms with E-state index in [9.17, 15) is 9.90 Å². The Kier molecular flexibility index (Phi) is 5.22. The van der Waals surface area contributed by atoms with Crippen molar-refractivity contribution in [3.05, 3.63) is 28.3 Å². The SMILES string of the molecule is CCOc1cc(/C=C(\C#N)C(=O)[O-])cc(Cl)c1OC. The Morgan fingerprint density at radius 3 is 2.74 bits per heavy atom. The summed E-state index contributed by atoms with van der Waals surface area (Å²) in [5, 5.41) is 19.6. The van der Waals surface area contributed by atoms with Gasteiger partial charge < -0.3 is 19.4 Å². The van der Waals surface area contributed by atoms with Crippen LogP contribution in [0.3, 0.4) is 0 Å². The van der Waals surface area contributed by atoms with E-state index < -0.39 is 11.5 Å². The molecule has 1 rings (SSSR count). The third kappa shape index (κ3) is 3.63. The molecule has 5 nitrogen and oxygen atoms in total. The third-order valence-corrected chi connectivity index (χ3v) is 2.47. The van der Waals surface area contributed by atoms with E-state index in [-0.39, 0.29) is 5.02 Å². The van der Waals surface area contributed by atoms with Gasteiger partial charge in [-0.2, -0.15) is 5.26 Å². The summed E-state index contributed by atoms with van der Waals surface area (Å²) in [5.74, 6) is -0.820. The minimum absolute atomic E-state index is 0.260. The van der Waals surface area contributed by atoms with Crippen molar-refractivity contribution < 1.29 is 19.4 Å². The topological polar surface area (TPSA) is 82.4 Å². The summed E-state index contributed by atoms with van der Waals surface area (Å²) in [6, 6.07) is 4.55. The fourth-order valence-corrected chi connectivity index (χ4v) is 1.73. The number of hydrogen-bond acceptors (Lipinski definition) is 5. The summed E-state index contributed by atoms with van der Waals surface area (Å²) in [4.78, 5) is 10.7. The number of nitriles is 1. The lowest BCUT2D eigenvalue weighted by atomic mass is 10.1. The maximum Gasteiger partial charge on any atom is 0.179 e. The Morgan fingerprint density at radius 2 is 2.26 bits per heavy atom. The second-order valence-electron chi connectivity index (χ2n) is 3.42. The number of hydrogen-bond donors (Lipinski definition) is 0. The van der Waals surface area contributed by atoms with Crippen LogP contribution in [0.15, 0.2) is 17.7 Å². The van der Waals surface area contributed by atoms with E-state index in [0.717, 1.165) is 6.08 Å². The van der Waals surface area contributed by atoms with Crippen LogP contribution in [-0.2, 0) is 4.79 Å². The lowest BCUT2D eigenvalue weighted by Gasteiger charge is -2.12. The predicted octanol–water partition coefficient (Wildman–Crippen LogP) is 1.40. The average Bonchev–Trinajstić information content (AvgIpc) is 2.35. The number of rotatable bonds is 5. The van der Waals surface area contributed by atoms with Gasteiger partial charge in [0.05, 0.1) is 30.3 Å². The van der Waals surface area contributed by atoms with Crippen LogP contribution in [0.1, 0.15) is 12.5 Å². The first-order valence-electron chi connectivity index (χ1n) is 5.37. The molecule has 0 fully saturated rings. The molecule has 0 amide bonds. The number of halogens is 1. The van der Waals surface area contributed by atoms with Crippen LogP contribution < -0.4 is 14.6 Å². The highest BCUT2D eigenvalue weighted by Gasteiger charge is 2.11. The first kappa shape index (κ1) is 14.9. The zero-order valence-corrected chi connectivity index (χ0v) is 11.2. The van der Waals surface area contributed by atoms with Gasteiger partial charge in [-0.3, -0.25) is 0 Å². The third-order valence-electron chi connectivity index (χ3n) is 2.19. The number of aliphatic carboxylic acids is 1. The first-order valence-corrected chi connectivity index (χ1v) is 5.74.